The summed E-state index contributed by atoms with van der Waals surface area (Å²) in [5.41, 5.74) is 5.37. The molecule has 1 aromatic rings. The van der Waals surface area contributed by atoms with E-state index in [0.29, 0.717) is 6.54 Å². The van der Waals surface area contributed by atoms with E-state index >= 15 is 0 Å². The van der Waals surface area contributed by atoms with Crippen molar-refractivity contribution in [2.45, 2.75) is 12.5 Å². The fraction of sp³-hybridized carbons (Fsp3) is 0.500. The molecular weight excluding hydrogens is 283 g/mol. The molecule has 1 rings (SSSR count). The van der Waals surface area contributed by atoms with Crippen LogP contribution in [-0.2, 0) is 16.0 Å². The number of carbonyl (C=O) groups excluding carboxylic acids is 1. The summed E-state index contributed by atoms with van der Waals surface area (Å²) in [6.45, 7) is 0.753. The number of halogens is 2. The third-order valence-electron chi connectivity index (χ3n) is 2.09. The Bertz CT molecular complexity index is 343. The van der Waals surface area contributed by atoms with Crippen LogP contribution in [0.3, 0.4) is 0 Å². The van der Waals surface area contributed by atoms with Crippen molar-refractivity contribution in [3.8, 4) is 0 Å². The molecule has 0 aromatic carbocycles. The maximum Gasteiger partial charge on any atom is 0.250 e. The summed E-state index contributed by atoms with van der Waals surface area (Å²) < 4.78 is 5.67. The fourth-order valence-electron chi connectivity index (χ4n) is 1.22. The minimum Gasteiger partial charge on any atom is -0.370 e. The van der Waals surface area contributed by atoms with Crippen molar-refractivity contribution in [2.24, 2.45) is 5.73 Å². The molecule has 0 bridgehead atoms. The SMILES string of the molecule is COC(CN)C(=O)NCCc1ccc(Cl)s1.Cl. The quantitative estimate of drug-likeness (QED) is 0.836. The first-order chi connectivity index (χ1) is 7.67. The Morgan fingerprint density at radius 2 is 2.35 bits per heavy atom. The van der Waals surface area contributed by atoms with Crippen LogP contribution in [0.15, 0.2) is 12.1 Å². The highest BCUT2D eigenvalue weighted by atomic mass is 35.5. The zero-order valence-corrected chi connectivity index (χ0v) is 11.8. The second-order valence-corrected chi connectivity index (χ2v) is 5.01. The number of hydrogen-bond acceptors (Lipinski definition) is 4. The highest BCUT2D eigenvalue weighted by molar-refractivity contribution is 7.16. The minimum atomic E-state index is -0.563. The van der Waals surface area contributed by atoms with Crippen molar-refractivity contribution in [1.82, 2.24) is 5.32 Å². The molecule has 0 aliphatic carbocycles. The molecule has 0 aliphatic rings. The molecule has 0 saturated heterocycles. The number of amides is 1. The summed E-state index contributed by atoms with van der Waals surface area (Å²) in [6, 6.07) is 3.80. The lowest BCUT2D eigenvalue weighted by Gasteiger charge is -2.12. The van der Waals surface area contributed by atoms with Crippen LogP contribution in [0.25, 0.3) is 0 Å². The monoisotopic (exact) mass is 298 g/mol. The van der Waals surface area contributed by atoms with Crippen molar-refractivity contribution in [1.29, 1.82) is 0 Å². The Labute approximate surface area is 116 Å². The zero-order chi connectivity index (χ0) is 12.0. The van der Waals surface area contributed by atoms with Gasteiger partial charge in [0.2, 0.25) is 5.91 Å². The highest BCUT2D eigenvalue weighted by Gasteiger charge is 2.14. The molecule has 3 N–H and O–H groups in total. The van der Waals surface area contributed by atoms with Gasteiger partial charge in [-0.25, -0.2) is 0 Å². The predicted molar refractivity (Wildman–Crippen MR) is 73.1 cm³/mol. The third kappa shape index (κ3) is 5.70. The van der Waals surface area contributed by atoms with Crippen LogP contribution in [-0.4, -0.2) is 32.2 Å². The van der Waals surface area contributed by atoms with Crippen LogP contribution < -0.4 is 11.1 Å². The van der Waals surface area contributed by atoms with Crippen LogP contribution in [0.5, 0.6) is 0 Å². The van der Waals surface area contributed by atoms with Gasteiger partial charge in [-0.05, 0) is 18.6 Å². The third-order valence-corrected chi connectivity index (χ3v) is 3.38. The van der Waals surface area contributed by atoms with E-state index in [1.807, 2.05) is 12.1 Å². The molecule has 0 fully saturated rings. The number of rotatable bonds is 6. The van der Waals surface area contributed by atoms with Crippen LogP contribution in [0.1, 0.15) is 4.88 Å². The van der Waals surface area contributed by atoms with Crippen LogP contribution >= 0.6 is 35.3 Å². The summed E-state index contributed by atoms with van der Waals surface area (Å²) in [7, 11) is 1.47. The molecule has 4 nitrogen and oxygen atoms in total. The maximum absolute atomic E-state index is 11.5. The lowest BCUT2D eigenvalue weighted by Crippen LogP contribution is -2.41. The number of nitrogens with two attached hydrogens (primary N) is 1. The molecule has 1 unspecified atom stereocenters. The van der Waals surface area contributed by atoms with Crippen LogP contribution in [0.2, 0.25) is 4.34 Å². The number of methoxy groups -OCH3 is 1. The van der Waals surface area contributed by atoms with Gasteiger partial charge in [0.1, 0.15) is 6.10 Å². The number of nitrogens with one attached hydrogen (secondary N) is 1. The molecule has 98 valence electrons. The maximum atomic E-state index is 11.5. The second-order valence-electron chi connectivity index (χ2n) is 3.21. The average molecular weight is 299 g/mol. The smallest absolute Gasteiger partial charge is 0.250 e. The Morgan fingerprint density at radius 3 is 2.82 bits per heavy atom. The fourth-order valence-corrected chi connectivity index (χ4v) is 2.31. The van der Waals surface area contributed by atoms with E-state index in [0.717, 1.165) is 15.6 Å². The van der Waals surface area contributed by atoms with Gasteiger partial charge in [-0.1, -0.05) is 11.6 Å². The number of carbonyl (C=O) groups is 1. The summed E-state index contributed by atoms with van der Waals surface area (Å²) in [5, 5.41) is 2.76. The number of hydrogen-bond donors (Lipinski definition) is 2. The standard InChI is InChI=1S/C10H15ClN2O2S.ClH/c1-15-8(6-12)10(14)13-5-4-7-2-3-9(11)16-7;/h2-3,8H,4-6,12H2,1H3,(H,13,14);1H. The van der Waals surface area contributed by atoms with E-state index < -0.39 is 6.10 Å². The van der Waals surface area contributed by atoms with Gasteiger partial charge < -0.3 is 15.8 Å². The lowest BCUT2D eigenvalue weighted by molar-refractivity contribution is -0.130. The molecule has 0 aliphatic heterocycles. The van der Waals surface area contributed by atoms with Crippen LogP contribution in [0.4, 0.5) is 0 Å². The van der Waals surface area contributed by atoms with E-state index in [4.69, 9.17) is 22.1 Å². The Kier molecular flexibility index (Phi) is 8.55. The Hall–Kier alpha value is -0.330. The van der Waals surface area contributed by atoms with Gasteiger partial charge in [-0.3, -0.25) is 4.79 Å². The highest BCUT2D eigenvalue weighted by Crippen LogP contribution is 2.21. The summed E-state index contributed by atoms with van der Waals surface area (Å²) in [4.78, 5) is 12.6. The van der Waals surface area contributed by atoms with E-state index in [2.05, 4.69) is 5.32 Å². The zero-order valence-electron chi connectivity index (χ0n) is 9.44. The molecule has 0 saturated carbocycles. The molecule has 1 amide bonds. The first-order valence-electron chi connectivity index (χ1n) is 4.92. The van der Waals surface area contributed by atoms with Gasteiger partial charge in [0.05, 0.1) is 4.34 Å². The summed E-state index contributed by atoms with van der Waals surface area (Å²) in [6.07, 6.45) is 0.205. The van der Waals surface area contributed by atoms with Crippen molar-refractivity contribution in [2.75, 3.05) is 20.2 Å². The van der Waals surface area contributed by atoms with Crippen LogP contribution in [0, 0.1) is 0 Å². The van der Waals surface area contributed by atoms with Gasteiger partial charge >= 0.3 is 0 Å². The topological polar surface area (TPSA) is 64.3 Å². The van der Waals surface area contributed by atoms with Crippen molar-refractivity contribution in [3.05, 3.63) is 21.3 Å². The average Bonchev–Trinajstić information content (AvgIpc) is 2.66. The van der Waals surface area contributed by atoms with E-state index in [1.54, 1.807) is 0 Å². The summed E-state index contributed by atoms with van der Waals surface area (Å²) in [5.74, 6) is -0.173. The molecule has 7 heteroatoms. The summed E-state index contributed by atoms with van der Waals surface area (Å²) >= 11 is 7.31. The van der Waals surface area contributed by atoms with Crippen molar-refractivity contribution in [3.63, 3.8) is 0 Å². The predicted octanol–water partition coefficient (Wildman–Crippen LogP) is 1.46. The van der Waals surface area contributed by atoms with Gasteiger partial charge in [-0.15, -0.1) is 23.7 Å². The first kappa shape index (κ1) is 16.7. The lowest BCUT2D eigenvalue weighted by atomic mass is 10.3. The van der Waals surface area contributed by atoms with Gasteiger partial charge in [0, 0.05) is 25.1 Å². The number of thiophene rings is 1. The molecular formula is C10H16Cl2N2O2S. The molecule has 1 heterocycles. The largest absolute Gasteiger partial charge is 0.370 e. The van der Waals surface area contributed by atoms with Crippen molar-refractivity contribution >= 4 is 41.3 Å². The molecule has 1 aromatic heterocycles. The van der Waals surface area contributed by atoms with Gasteiger partial charge in [0.25, 0.3) is 0 Å². The Morgan fingerprint density at radius 1 is 1.65 bits per heavy atom. The number of ether oxygens (including phenoxy) is 1. The Balaban J connectivity index is 0.00000256. The minimum absolute atomic E-state index is 0. The molecule has 0 spiro atoms. The second kappa shape index (κ2) is 8.72. The van der Waals surface area contributed by atoms with Crippen molar-refractivity contribution < 1.29 is 9.53 Å². The van der Waals surface area contributed by atoms with E-state index in [9.17, 15) is 4.79 Å². The van der Waals surface area contributed by atoms with Gasteiger partial charge in [-0.2, -0.15) is 0 Å². The van der Waals surface area contributed by atoms with Gasteiger partial charge in [0.15, 0.2) is 0 Å². The molecule has 0 radical (unpaired) electrons. The van der Waals surface area contributed by atoms with E-state index in [1.165, 1.54) is 18.4 Å². The van der Waals surface area contributed by atoms with E-state index in [-0.39, 0.29) is 24.9 Å². The molecule has 1 atom stereocenters. The first-order valence-corrected chi connectivity index (χ1v) is 6.11. The molecule has 17 heavy (non-hydrogen) atoms. The normalized spacial score (nSPS) is 11.7.